The summed E-state index contributed by atoms with van der Waals surface area (Å²) < 4.78 is 10.8. The molecule has 2 aromatic rings. The zero-order valence-electron chi connectivity index (χ0n) is 9.64. The van der Waals surface area contributed by atoms with Crippen LogP contribution in [-0.2, 0) is 0 Å². The first-order valence-electron chi connectivity index (χ1n) is 5.21. The van der Waals surface area contributed by atoms with Crippen LogP contribution >= 0.6 is 11.6 Å². The van der Waals surface area contributed by atoms with Crippen LogP contribution in [0.25, 0.3) is 0 Å². The predicted molar refractivity (Wildman–Crippen MR) is 68.7 cm³/mol. The molecule has 2 aromatic carbocycles. The summed E-state index contributed by atoms with van der Waals surface area (Å²) >= 11 is 5.81. The minimum Gasteiger partial charge on any atom is -0.493 e. The molecule has 0 aliphatic heterocycles. The summed E-state index contributed by atoms with van der Waals surface area (Å²) in [6.45, 7) is 0. The Bertz CT molecular complexity index is 567. The van der Waals surface area contributed by atoms with Gasteiger partial charge in [-0.15, -0.1) is 0 Å². The molecule has 0 aliphatic rings. The lowest BCUT2D eigenvalue weighted by Gasteiger charge is -2.11. The first kappa shape index (κ1) is 12.5. The van der Waals surface area contributed by atoms with Gasteiger partial charge in [0.05, 0.1) is 12.7 Å². The van der Waals surface area contributed by atoms with Gasteiger partial charge in [0.1, 0.15) is 5.75 Å². The smallest absolute Gasteiger partial charge is 0.169 e. The molecule has 0 bridgehead atoms. The number of methoxy groups -OCH3 is 1. The molecule has 0 atom stereocenters. The summed E-state index contributed by atoms with van der Waals surface area (Å²) in [6, 6.07) is 12.8. The van der Waals surface area contributed by atoms with Crippen molar-refractivity contribution in [1.29, 1.82) is 0 Å². The van der Waals surface area contributed by atoms with Gasteiger partial charge >= 0.3 is 0 Å². The number of rotatable bonds is 4. The SMILES string of the molecule is COc1cc[c]cc1Oc1ccc(Cl)cc1C=O. The molecule has 18 heavy (non-hydrogen) atoms. The van der Waals surface area contributed by atoms with Crippen LogP contribution in [-0.4, -0.2) is 13.4 Å². The molecule has 0 unspecified atom stereocenters. The van der Waals surface area contributed by atoms with E-state index in [1.54, 1.807) is 43.5 Å². The third-order valence-electron chi connectivity index (χ3n) is 2.33. The number of halogens is 1. The molecular formula is C14H10ClO3. The standard InChI is InChI=1S/C14H10ClO3/c1-17-13-4-2-3-5-14(13)18-12-7-6-11(15)8-10(12)9-16/h2,4-9H,1H3. The van der Waals surface area contributed by atoms with Crippen LogP contribution in [0.5, 0.6) is 17.2 Å². The van der Waals surface area contributed by atoms with Gasteiger partial charge in [-0.25, -0.2) is 0 Å². The molecule has 3 nitrogen and oxygen atoms in total. The van der Waals surface area contributed by atoms with Gasteiger partial charge in [0, 0.05) is 5.02 Å². The first-order chi connectivity index (χ1) is 8.74. The fourth-order valence-corrected chi connectivity index (χ4v) is 1.65. The highest BCUT2D eigenvalue weighted by molar-refractivity contribution is 6.30. The van der Waals surface area contributed by atoms with Crippen molar-refractivity contribution in [2.24, 2.45) is 0 Å². The van der Waals surface area contributed by atoms with Gasteiger partial charge in [0.15, 0.2) is 17.8 Å². The number of benzene rings is 2. The van der Waals surface area contributed by atoms with E-state index in [2.05, 4.69) is 6.07 Å². The molecule has 0 spiro atoms. The van der Waals surface area contributed by atoms with Crippen LogP contribution in [0, 0.1) is 6.07 Å². The van der Waals surface area contributed by atoms with E-state index in [0.717, 1.165) is 0 Å². The molecular weight excluding hydrogens is 252 g/mol. The number of aldehydes is 1. The minimum atomic E-state index is 0.383. The summed E-state index contributed by atoms with van der Waals surface area (Å²) in [4.78, 5) is 10.9. The van der Waals surface area contributed by atoms with Crippen molar-refractivity contribution in [1.82, 2.24) is 0 Å². The van der Waals surface area contributed by atoms with Crippen LogP contribution in [0.15, 0.2) is 36.4 Å². The second kappa shape index (κ2) is 5.56. The largest absolute Gasteiger partial charge is 0.493 e. The molecule has 1 radical (unpaired) electrons. The quantitative estimate of drug-likeness (QED) is 0.786. The van der Waals surface area contributed by atoms with Crippen molar-refractivity contribution < 1.29 is 14.3 Å². The highest BCUT2D eigenvalue weighted by Gasteiger charge is 2.08. The number of hydrogen-bond donors (Lipinski definition) is 0. The van der Waals surface area contributed by atoms with Crippen LogP contribution in [0.4, 0.5) is 0 Å². The lowest BCUT2D eigenvalue weighted by atomic mass is 10.2. The second-order valence-electron chi connectivity index (χ2n) is 3.48. The van der Waals surface area contributed by atoms with Crippen LogP contribution in [0.3, 0.4) is 0 Å². The first-order valence-corrected chi connectivity index (χ1v) is 5.59. The van der Waals surface area contributed by atoms with Crippen molar-refractivity contribution in [3.8, 4) is 17.2 Å². The van der Waals surface area contributed by atoms with E-state index in [1.165, 1.54) is 0 Å². The Kier molecular flexibility index (Phi) is 3.85. The van der Waals surface area contributed by atoms with Crippen LogP contribution < -0.4 is 9.47 Å². The summed E-state index contributed by atoms with van der Waals surface area (Å²) in [5.74, 6) is 1.48. The average molecular weight is 262 g/mol. The van der Waals surface area contributed by atoms with E-state index in [0.29, 0.717) is 34.1 Å². The van der Waals surface area contributed by atoms with Crippen molar-refractivity contribution >= 4 is 17.9 Å². The van der Waals surface area contributed by atoms with Crippen molar-refractivity contribution in [2.45, 2.75) is 0 Å². The summed E-state index contributed by atoms with van der Waals surface area (Å²) in [7, 11) is 1.55. The molecule has 2 rings (SSSR count). The number of hydrogen-bond acceptors (Lipinski definition) is 3. The Morgan fingerprint density at radius 2 is 2.06 bits per heavy atom. The van der Waals surface area contributed by atoms with E-state index in [4.69, 9.17) is 21.1 Å². The molecule has 0 saturated carbocycles. The Labute approximate surface area is 110 Å². The van der Waals surface area contributed by atoms with Crippen LogP contribution in [0.1, 0.15) is 10.4 Å². The van der Waals surface area contributed by atoms with Gasteiger partial charge < -0.3 is 9.47 Å². The van der Waals surface area contributed by atoms with Gasteiger partial charge in [-0.1, -0.05) is 17.7 Å². The van der Waals surface area contributed by atoms with E-state index in [9.17, 15) is 4.79 Å². The Morgan fingerprint density at radius 3 is 2.78 bits per heavy atom. The van der Waals surface area contributed by atoms with Gasteiger partial charge in [0.2, 0.25) is 0 Å². The number of carbonyl (C=O) groups excluding carboxylic acids is 1. The average Bonchev–Trinajstić information content (AvgIpc) is 2.41. The third kappa shape index (κ3) is 2.63. The summed E-state index contributed by atoms with van der Waals surface area (Å²) in [5.41, 5.74) is 0.383. The highest BCUT2D eigenvalue weighted by Crippen LogP contribution is 2.32. The lowest BCUT2D eigenvalue weighted by Crippen LogP contribution is -1.93. The third-order valence-corrected chi connectivity index (χ3v) is 2.56. The lowest BCUT2D eigenvalue weighted by molar-refractivity contribution is 0.112. The Morgan fingerprint density at radius 1 is 1.22 bits per heavy atom. The van der Waals surface area contributed by atoms with Crippen LogP contribution in [0.2, 0.25) is 5.02 Å². The number of carbonyl (C=O) groups is 1. The normalized spacial score (nSPS) is 9.89. The van der Waals surface area contributed by atoms with Gasteiger partial charge in [-0.05, 0) is 36.4 Å². The molecule has 0 aromatic heterocycles. The maximum Gasteiger partial charge on any atom is 0.169 e. The molecule has 0 heterocycles. The maximum absolute atomic E-state index is 10.9. The molecule has 0 N–H and O–H groups in total. The van der Waals surface area contributed by atoms with Crippen molar-refractivity contribution in [2.75, 3.05) is 7.11 Å². The topological polar surface area (TPSA) is 35.5 Å². The van der Waals surface area contributed by atoms with Crippen molar-refractivity contribution in [3.63, 3.8) is 0 Å². The van der Waals surface area contributed by atoms with Crippen molar-refractivity contribution in [3.05, 3.63) is 53.1 Å². The highest BCUT2D eigenvalue weighted by atomic mass is 35.5. The fourth-order valence-electron chi connectivity index (χ4n) is 1.47. The van der Waals surface area contributed by atoms with E-state index in [-0.39, 0.29) is 0 Å². The zero-order valence-corrected chi connectivity index (χ0v) is 10.4. The van der Waals surface area contributed by atoms with Gasteiger partial charge in [-0.3, -0.25) is 4.79 Å². The number of ether oxygens (including phenoxy) is 2. The van der Waals surface area contributed by atoms with E-state index < -0.39 is 0 Å². The molecule has 0 amide bonds. The summed E-state index contributed by atoms with van der Waals surface area (Å²) in [5, 5.41) is 0.482. The van der Waals surface area contributed by atoms with E-state index >= 15 is 0 Å². The Hall–Kier alpha value is -2.00. The van der Waals surface area contributed by atoms with Gasteiger partial charge in [0.25, 0.3) is 0 Å². The molecule has 0 aliphatic carbocycles. The molecule has 0 fully saturated rings. The zero-order chi connectivity index (χ0) is 13.0. The van der Waals surface area contributed by atoms with Gasteiger partial charge in [-0.2, -0.15) is 0 Å². The molecule has 91 valence electrons. The van der Waals surface area contributed by atoms with E-state index in [1.807, 2.05) is 0 Å². The Balaban J connectivity index is 2.36. The monoisotopic (exact) mass is 261 g/mol. The minimum absolute atomic E-state index is 0.383. The second-order valence-corrected chi connectivity index (χ2v) is 3.92. The molecule has 0 saturated heterocycles. The maximum atomic E-state index is 10.9. The summed E-state index contributed by atoms with van der Waals surface area (Å²) in [6.07, 6.45) is 0.695. The molecule has 4 heteroatoms. The predicted octanol–water partition coefficient (Wildman–Crippen LogP) is 3.75. The fraction of sp³-hybridized carbons (Fsp3) is 0.0714.